The maximum atomic E-state index is 12.1. The minimum absolute atomic E-state index is 0.0680. The molecule has 0 aromatic heterocycles. The molecule has 0 bridgehead atoms. The number of aliphatic imine (C=N–C) groups is 1. The Bertz CT molecular complexity index is 735. The number of hydrogen-bond donors (Lipinski definition) is 2. The van der Waals surface area contributed by atoms with E-state index in [-0.39, 0.29) is 6.61 Å². The fraction of sp³-hybridized carbons (Fsp3) is 0.381. The van der Waals surface area contributed by atoms with Crippen molar-refractivity contribution in [3.05, 3.63) is 65.7 Å². The Hall–Kier alpha value is -2.74. The van der Waals surface area contributed by atoms with Crippen LogP contribution < -0.4 is 15.4 Å². The summed E-state index contributed by atoms with van der Waals surface area (Å²) in [6, 6.07) is 16.8. The Labute approximate surface area is 168 Å². The first-order valence-corrected chi connectivity index (χ1v) is 9.31. The minimum atomic E-state index is -4.31. The summed E-state index contributed by atoms with van der Waals surface area (Å²) in [7, 11) is 1.69. The third-order valence-electron chi connectivity index (χ3n) is 3.87. The van der Waals surface area contributed by atoms with Crippen LogP contribution in [0.5, 0.6) is 5.75 Å². The molecule has 0 saturated heterocycles. The fourth-order valence-electron chi connectivity index (χ4n) is 2.43. The van der Waals surface area contributed by atoms with Crippen LogP contribution in [0.25, 0.3) is 0 Å². The number of para-hydroxylation sites is 1. The number of alkyl halides is 3. The molecule has 0 atom stereocenters. The van der Waals surface area contributed by atoms with Crippen molar-refractivity contribution >= 4 is 5.96 Å². The van der Waals surface area contributed by atoms with Crippen LogP contribution in [-0.2, 0) is 17.9 Å². The Morgan fingerprint density at radius 1 is 0.966 bits per heavy atom. The van der Waals surface area contributed by atoms with E-state index >= 15 is 0 Å². The van der Waals surface area contributed by atoms with Gasteiger partial charge in [0, 0.05) is 20.1 Å². The highest BCUT2D eigenvalue weighted by Crippen LogP contribution is 2.15. The Balaban J connectivity index is 1.63. The van der Waals surface area contributed by atoms with Crippen LogP contribution in [0.4, 0.5) is 13.2 Å². The lowest BCUT2D eigenvalue weighted by Crippen LogP contribution is -2.37. The number of nitrogens with one attached hydrogen (secondary N) is 2. The molecular formula is C21H26F3N3O2. The first-order chi connectivity index (χ1) is 14.0. The molecule has 5 nitrogen and oxygen atoms in total. The summed E-state index contributed by atoms with van der Waals surface area (Å²) in [5.74, 6) is 1.52. The number of nitrogens with zero attached hydrogens (tertiary/aromatic N) is 1. The molecule has 29 heavy (non-hydrogen) atoms. The zero-order valence-corrected chi connectivity index (χ0v) is 16.3. The molecule has 0 aliphatic heterocycles. The molecule has 2 aromatic rings. The Morgan fingerprint density at radius 2 is 1.66 bits per heavy atom. The van der Waals surface area contributed by atoms with Gasteiger partial charge in [0.1, 0.15) is 12.4 Å². The molecule has 2 aromatic carbocycles. The van der Waals surface area contributed by atoms with Gasteiger partial charge in [0.05, 0.1) is 13.2 Å². The number of guanidine groups is 1. The van der Waals surface area contributed by atoms with Gasteiger partial charge in [-0.1, -0.05) is 42.5 Å². The molecule has 8 heteroatoms. The van der Waals surface area contributed by atoms with E-state index in [2.05, 4.69) is 20.4 Å². The monoisotopic (exact) mass is 409 g/mol. The average molecular weight is 409 g/mol. The van der Waals surface area contributed by atoms with E-state index in [4.69, 9.17) is 4.74 Å². The topological polar surface area (TPSA) is 54.9 Å². The molecule has 0 amide bonds. The van der Waals surface area contributed by atoms with E-state index in [1.54, 1.807) is 19.2 Å². The van der Waals surface area contributed by atoms with Gasteiger partial charge in [-0.05, 0) is 29.7 Å². The van der Waals surface area contributed by atoms with E-state index in [0.717, 1.165) is 17.7 Å². The van der Waals surface area contributed by atoms with Crippen molar-refractivity contribution in [2.75, 3.05) is 26.8 Å². The highest BCUT2D eigenvalue weighted by atomic mass is 19.4. The van der Waals surface area contributed by atoms with Crippen LogP contribution in [0.15, 0.2) is 59.6 Å². The quantitative estimate of drug-likeness (QED) is 0.355. The number of ether oxygens (including phenoxy) is 2. The molecule has 0 radical (unpaired) electrons. The number of halogens is 3. The molecular weight excluding hydrogens is 383 g/mol. The number of benzene rings is 2. The van der Waals surface area contributed by atoms with Gasteiger partial charge >= 0.3 is 6.18 Å². The Kier molecular flexibility index (Phi) is 9.30. The lowest BCUT2D eigenvalue weighted by molar-refractivity contribution is -0.176. The summed E-state index contributed by atoms with van der Waals surface area (Å²) in [6.07, 6.45) is -3.48. The Morgan fingerprint density at radius 3 is 2.31 bits per heavy atom. The smallest absolute Gasteiger partial charge is 0.411 e. The largest absolute Gasteiger partial charge is 0.494 e. The van der Waals surface area contributed by atoms with Crippen molar-refractivity contribution in [1.82, 2.24) is 10.6 Å². The third kappa shape index (κ3) is 9.84. The van der Waals surface area contributed by atoms with E-state index in [9.17, 15) is 13.2 Å². The predicted molar refractivity (Wildman–Crippen MR) is 107 cm³/mol. The van der Waals surface area contributed by atoms with Gasteiger partial charge < -0.3 is 20.1 Å². The van der Waals surface area contributed by atoms with Gasteiger partial charge in [0.15, 0.2) is 5.96 Å². The van der Waals surface area contributed by atoms with Crippen molar-refractivity contribution in [3.63, 3.8) is 0 Å². The molecule has 0 heterocycles. The molecule has 2 N–H and O–H groups in total. The van der Waals surface area contributed by atoms with Crippen LogP contribution in [0, 0.1) is 0 Å². The SMILES string of the molecule is CN=C(NCCCOc1ccccc1)NCc1ccc(COCC(F)(F)F)cc1. The molecule has 0 aliphatic rings. The molecule has 0 aliphatic carbocycles. The highest BCUT2D eigenvalue weighted by molar-refractivity contribution is 5.79. The van der Waals surface area contributed by atoms with Crippen molar-refractivity contribution in [3.8, 4) is 5.75 Å². The average Bonchev–Trinajstić information content (AvgIpc) is 2.71. The lowest BCUT2D eigenvalue weighted by atomic mass is 10.1. The third-order valence-corrected chi connectivity index (χ3v) is 3.87. The summed E-state index contributed by atoms with van der Waals surface area (Å²) < 4.78 is 46.5. The van der Waals surface area contributed by atoms with Gasteiger partial charge in [-0.2, -0.15) is 13.2 Å². The molecule has 158 valence electrons. The van der Waals surface area contributed by atoms with Gasteiger partial charge in [0.25, 0.3) is 0 Å². The van der Waals surface area contributed by atoms with Gasteiger partial charge in [0.2, 0.25) is 0 Å². The van der Waals surface area contributed by atoms with Crippen LogP contribution >= 0.6 is 0 Å². The summed E-state index contributed by atoms with van der Waals surface area (Å²) in [6.45, 7) is 0.550. The molecule has 0 fully saturated rings. The maximum absolute atomic E-state index is 12.1. The minimum Gasteiger partial charge on any atom is -0.494 e. The second-order valence-corrected chi connectivity index (χ2v) is 6.29. The van der Waals surface area contributed by atoms with Crippen molar-refractivity contribution in [2.45, 2.75) is 25.7 Å². The van der Waals surface area contributed by atoms with Gasteiger partial charge in [-0.15, -0.1) is 0 Å². The molecule has 0 saturated carbocycles. The second-order valence-electron chi connectivity index (χ2n) is 6.29. The standard InChI is InChI=1S/C21H26F3N3O2/c1-25-20(26-12-5-13-29-19-6-3-2-4-7-19)27-14-17-8-10-18(11-9-17)15-28-16-21(22,23)24/h2-4,6-11H,5,12-16H2,1H3,(H2,25,26,27). The van der Waals surface area contributed by atoms with E-state index < -0.39 is 12.8 Å². The molecule has 0 spiro atoms. The maximum Gasteiger partial charge on any atom is 0.411 e. The van der Waals surface area contributed by atoms with Gasteiger partial charge in [-0.3, -0.25) is 4.99 Å². The number of hydrogen-bond acceptors (Lipinski definition) is 3. The summed E-state index contributed by atoms with van der Waals surface area (Å²) in [5.41, 5.74) is 1.68. The normalized spacial score (nSPS) is 11.9. The van der Waals surface area contributed by atoms with Crippen molar-refractivity contribution < 1.29 is 22.6 Å². The highest BCUT2D eigenvalue weighted by Gasteiger charge is 2.27. The molecule has 0 unspecified atom stereocenters. The summed E-state index contributed by atoms with van der Waals surface area (Å²) >= 11 is 0. The van der Waals surface area contributed by atoms with E-state index in [1.165, 1.54) is 0 Å². The first kappa shape index (κ1) is 22.5. The summed E-state index contributed by atoms with van der Waals surface area (Å²) in [4.78, 5) is 4.17. The lowest BCUT2D eigenvalue weighted by Gasteiger charge is -2.13. The predicted octanol–water partition coefficient (Wildman–Crippen LogP) is 3.90. The number of rotatable bonds is 10. The van der Waals surface area contributed by atoms with Crippen molar-refractivity contribution in [1.29, 1.82) is 0 Å². The van der Waals surface area contributed by atoms with E-state index in [1.807, 2.05) is 42.5 Å². The fourth-order valence-corrected chi connectivity index (χ4v) is 2.43. The zero-order chi connectivity index (χ0) is 21.0. The first-order valence-electron chi connectivity index (χ1n) is 9.31. The van der Waals surface area contributed by atoms with Crippen LogP contribution in [0.3, 0.4) is 0 Å². The van der Waals surface area contributed by atoms with Gasteiger partial charge in [-0.25, -0.2) is 0 Å². The summed E-state index contributed by atoms with van der Waals surface area (Å²) in [5, 5.41) is 6.41. The second kappa shape index (κ2) is 12.0. The van der Waals surface area contributed by atoms with Crippen LogP contribution in [-0.4, -0.2) is 38.9 Å². The van der Waals surface area contributed by atoms with E-state index in [0.29, 0.717) is 31.2 Å². The van der Waals surface area contributed by atoms with Crippen LogP contribution in [0.1, 0.15) is 17.5 Å². The van der Waals surface area contributed by atoms with Crippen molar-refractivity contribution in [2.24, 2.45) is 4.99 Å². The molecule has 2 rings (SSSR count). The van der Waals surface area contributed by atoms with Crippen LogP contribution in [0.2, 0.25) is 0 Å². The zero-order valence-electron chi connectivity index (χ0n) is 16.3.